The molecule has 0 spiro atoms. The molecule has 1 atom stereocenters. The summed E-state index contributed by atoms with van der Waals surface area (Å²) in [4.78, 5) is 27.9. The van der Waals surface area contributed by atoms with E-state index in [1.165, 1.54) is 0 Å². The summed E-state index contributed by atoms with van der Waals surface area (Å²) in [6.45, 7) is 5.01. The Morgan fingerprint density at radius 2 is 2.19 bits per heavy atom. The summed E-state index contributed by atoms with van der Waals surface area (Å²) in [5.74, 6) is 0.428. The molecule has 0 aliphatic heterocycles. The van der Waals surface area contributed by atoms with Crippen molar-refractivity contribution in [2.75, 3.05) is 11.9 Å². The molecule has 0 bridgehead atoms. The number of aromatic amines is 1. The van der Waals surface area contributed by atoms with Crippen LogP contribution in [0.25, 0.3) is 0 Å². The highest BCUT2D eigenvalue weighted by atomic mass is 16.5. The number of ketones is 1. The fraction of sp³-hybridized carbons (Fsp3) is 0.429. The molecule has 0 radical (unpaired) electrons. The van der Waals surface area contributed by atoms with Gasteiger partial charge in [0.05, 0.1) is 11.1 Å². The number of unbranched alkanes of at least 4 members (excludes halogenated alkanes) is 1. The number of fused-ring (bicyclic) bond motifs is 1. The zero-order chi connectivity index (χ0) is 19.2. The van der Waals surface area contributed by atoms with Crippen molar-refractivity contribution in [1.29, 1.82) is 0 Å². The number of hydrogen-bond donors (Lipinski definition) is 3. The number of carbonyl (C=O) groups excluding carboxylic acids is 2. The van der Waals surface area contributed by atoms with Crippen LogP contribution in [0.1, 0.15) is 65.9 Å². The summed E-state index contributed by atoms with van der Waals surface area (Å²) in [7, 11) is 0. The number of nitrogens with one attached hydrogen (secondary N) is 3. The number of H-pyrrole nitrogens is 1. The summed E-state index contributed by atoms with van der Waals surface area (Å²) in [6, 6.07) is 7.29. The Labute approximate surface area is 159 Å². The molecule has 6 nitrogen and oxygen atoms in total. The molecule has 144 valence electrons. The third kappa shape index (κ3) is 4.77. The number of aryl methyl sites for hydroxylation is 1. The molecular weight excluding hydrogens is 342 g/mol. The lowest BCUT2D eigenvalue weighted by atomic mass is 9.93. The van der Waals surface area contributed by atoms with Gasteiger partial charge in [0.15, 0.2) is 5.78 Å². The topological polar surface area (TPSA) is 83.2 Å². The van der Waals surface area contributed by atoms with Gasteiger partial charge in [-0.3, -0.25) is 14.9 Å². The average molecular weight is 369 g/mol. The Balaban J connectivity index is 1.65. The minimum absolute atomic E-state index is 0.0340. The molecule has 1 aromatic heterocycles. The van der Waals surface area contributed by atoms with Gasteiger partial charge in [0.25, 0.3) is 5.91 Å². The largest absolute Gasteiger partial charge is 0.476 e. The third-order valence-corrected chi connectivity index (χ3v) is 4.68. The zero-order valence-corrected chi connectivity index (χ0v) is 15.9. The summed E-state index contributed by atoms with van der Waals surface area (Å²) < 4.78 is 5.86. The fourth-order valence-corrected chi connectivity index (χ4v) is 3.29. The Hall–Kier alpha value is -2.60. The SMILES string of the molecule is CCCCNC(C)Oc1cccc(NC(=O)c2c[nH]c3c2C(=O)CCC3)c1. The molecule has 0 saturated carbocycles. The van der Waals surface area contributed by atoms with Gasteiger partial charge >= 0.3 is 0 Å². The molecule has 1 aliphatic carbocycles. The summed E-state index contributed by atoms with van der Waals surface area (Å²) in [6.07, 6.45) is 5.88. The molecular formula is C21H27N3O3. The summed E-state index contributed by atoms with van der Waals surface area (Å²) in [5, 5.41) is 6.17. The maximum absolute atomic E-state index is 12.7. The van der Waals surface area contributed by atoms with Crippen LogP contribution in [0.2, 0.25) is 0 Å². The fourth-order valence-electron chi connectivity index (χ4n) is 3.29. The first-order valence-electron chi connectivity index (χ1n) is 9.63. The van der Waals surface area contributed by atoms with Gasteiger partial charge in [-0.05, 0) is 44.9 Å². The molecule has 0 saturated heterocycles. The van der Waals surface area contributed by atoms with Crippen LogP contribution in [-0.4, -0.2) is 29.4 Å². The minimum atomic E-state index is -0.283. The van der Waals surface area contributed by atoms with Gasteiger partial charge in [-0.15, -0.1) is 0 Å². The van der Waals surface area contributed by atoms with Crippen molar-refractivity contribution in [3.8, 4) is 5.75 Å². The second-order valence-electron chi connectivity index (χ2n) is 6.88. The number of aromatic nitrogens is 1. The molecule has 1 heterocycles. The van der Waals surface area contributed by atoms with Crippen molar-refractivity contribution >= 4 is 17.4 Å². The van der Waals surface area contributed by atoms with Gasteiger partial charge in [0.2, 0.25) is 0 Å². The van der Waals surface area contributed by atoms with Gasteiger partial charge in [-0.1, -0.05) is 19.4 Å². The lowest BCUT2D eigenvalue weighted by Gasteiger charge is -2.17. The van der Waals surface area contributed by atoms with E-state index in [2.05, 4.69) is 22.5 Å². The van der Waals surface area contributed by atoms with E-state index in [1.807, 2.05) is 19.1 Å². The molecule has 3 rings (SSSR count). The zero-order valence-electron chi connectivity index (χ0n) is 15.9. The maximum Gasteiger partial charge on any atom is 0.257 e. The van der Waals surface area contributed by atoms with E-state index >= 15 is 0 Å². The Kier molecular flexibility index (Phi) is 6.29. The number of ether oxygens (including phenoxy) is 1. The molecule has 6 heteroatoms. The van der Waals surface area contributed by atoms with Gasteiger partial charge < -0.3 is 15.0 Å². The third-order valence-electron chi connectivity index (χ3n) is 4.68. The number of rotatable bonds is 8. The average Bonchev–Trinajstić information content (AvgIpc) is 3.08. The molecule has 1 aromatic carbocycles. The van der Waals surface area contributed by atoms with E-state index in [-0.39, 0.29) is 17.9 Å². The van der Waals surface area contributed by atoms with E-state index in [0.717, 1.165) is 37.9 Å². The minimum Gasteiger partial charge on any atom is -0.476 e. The van der Waals surface area contributed by atoms with Crippen molar-refractivity contribution in [3.63, 3.8) is 0 Å². The monoisotopic (exact) mass is 369 g/mol. The van der Waals surface area contributed by atoms with Crippen molar-refractivity contribution in [1.82, 2.24) is 10.3 Å². The number of benzene rings is 1. The number of anilines is 1. The van der Waals surface area contributed by atoms with Gasteiger partial charge in [0.1, 0.15) is 12.0 Å². The summed E-state index contributed by atoms with van der Waals surface area (Å²) >= 11 is 0. The molecule has 3 N–H and O–H groups in total. The number of hydrogen-bond acceptors (Lipinski definition) is 4. The predicted molar refractivity (Wildman–Crippen MR) is 105 cm³/mol. The highest BCUT2D eigenvalue weighted by Crippen LogP contribution is 2.25. The van der Waals surface area contributed by atoms with Gasteiger partial charge in [0, 0.05) is 30.1 Å². The number of Topliss-reactive ketones (excluding diaryl/α,β-unsaturated/α-hetero) is 1. The van der Waals surface area contributed by atoms with Crippen LogP contribution in [0.5, 0.6) is 5.75 Å². The first-order chi connectivity index (χ1) is 13.1. The number of amides is 1. The quantitative estimate of drug-likeness (QED) is 0.487. The Morgan fingerprint density at radius 1 is 1.33 bits per heavy atom. The lowest BCUT2D eigenvalue weighted by molar-refractivity contribution is 0.0956. The maximum atomic E-state index is 12.7. The molecule has 1 unspecified atom stereocenters. The van der Waals surface area contributed by atoms with Crippen LogP contribution in [0.15, 0.2) is 30.5 Å². The lowest BCUT2D eigenvalue weighted by Crippen LogP contribution is -2.32. The van der Waals surface area contributed by atoms with Gasteiger partial charge in [-0.2, -0.15) is 0 Å². The van der Waals surface area contributed by atoms with Crippen molar-refractivity contribution in [2.45, 2.75) is 52.2 Å². The standard InChI is InChI=1S/C21H27N3O3/c1-3-4-11-22-14(2)27-16-8-5-7-15(12-16)24-21(26)17-13-23-18-9-6-10-19(25)20(17)18/h5,7-8,12-14,22-23H,3-4,6,9-11H2,1-2H3,(H,24,26). The van der Waals surface area contributed by atoms with E-state index in [0.29, 0.717) is 29.0 Å². The van der Waals surface area contributed by atoms with Crippen LogP contribution < -0.4 is 15.4 Å². The van der Waals surface area contributed by atoms with Crippen LogP contribution >= 0.6 is 0 Å². The van der Waals surface area contributed by atoms with E-state index in [4.69, 9.17) is 4.74 Å². The van der Waals surface area contributed by atoms with Crippen molar-refractivity contribution in [3.05, 3.63) is 47.3 Å². The van der Waals surface area contributed by atoms with Gasteiger partial charge in [-0.25, -0.2) is 0 Å². The molecule has 27 heavy (non-hydrogen) atoms. The van der Waals surface area contributed by atoms with Crippen molar-refractivity contribution in [2.24, 2.45) is 0 Å². The second-order valence-corrected chi connectivity index (χ2v) is 6.88. The molecule has 1 amide bonds. The normalized spacial score (nSPS) is 14.5. The van der Waals surface area contributed by atoms with Crippen LogP contribution in [-0.2, 0) is 6.42 Å². The predicted octanol–water partition coefficient (Wildman–Crippen LogP) is 3.90. The van der Waals surface area contributed by atoms with Crippen LogP contribution in [0.3, 0.4) is 0 Å². The second kappa shape index (κ2) is 8.86. The van der Waals surface area contributed by atoms with Crippen LogP contribution in [0, 0.1) is 0 Å². The molecule has 0 fully saturated rings. The van der Waals surface area contributed by atoms with E-state index < -0.39 is 0 Å². The molecule has 2 aromatic rings. The first kappa shape index (κ1) is 19.2. The highest BCUT2D eigenvalue weighted by molar-refractivity contribution is 6.13. The van der Waals surface area contributed by atoms with Crippen LogP contribution in [0.4, 0.5) is 5.69 Å². The summed E-state index contributed by atoms with van der Waals surface area (Å²) in [5.41, 5.74) is 2.45. The number of carbonyl (C=O) groups is 2. The highest BCUT2D eigenvalue weighted by Gasteiger charge is 2.25. The van der Waals surface area contributed by atoms with Crippen molar-refractivity contribution < 1.29 is 14.3 Å². The Bertz CT molecular complexity index is 813. The smallest absolute Gasteiger partial charge is 0.257 e. The molecule has 1 aliphatic rings. The van der Waals surface area contributed by atoms with E-state index in [1.54, 1.807) is 18.3 Å². The Morgan fingerprint density at radius 3 is 3.00 bits per heavy atom. The first-order valence-corrected chi connectivity index (χ1v) is 9.63. The van der Waals surface area contributed by atoms with E-state index in [9.17, 15) is 9.59 Å².